The molecule has 1 aromatic heterocycles. The van der Waals surface area contributed by atoms with Gasteiger partial charge in [-0.3, -0.25) is 0 Å². The number of hydrogen-bond donors (Lipinski definition) is 1. The van der Waals surface area contributed by atoms with Crippen molar-refractivity contribution in [2.45, 2.75) is 59.9 Å². The number of nitrogens with one attached hydrogen (secondary N) is 1. The maximum atomic E-state index is 4.71. The van der Waals surface area contributed by atoms with Gasteiger partial charge in [-0.15, -0.1) is 11.3 Å². The molecule has 1 N–H and O–H groups in total. The van der Waals surface area contributed by atoms with Crippen molar-refractivity contribution >= 4 is 11.3 Å². The highest BCUT2D eigenvalue weighted by Gasteiger charge is 2.32. The molecule has 0 spiro atoms. The molecule has 0 saturated heterocycles. The number of thiazole rings is 1. The SMILES string of the molecule is Cc1nc(CC(C)(CNC2CC2)C(C)C)sc1C. The molecule has 2 rings (SSSR count). The average Bonchev–Trinajstić information content (AvgIpc) is 3.04. The third kappa shape index (κ3) is 3.33. The van der Waals surface area contributed by atoms with Gasteiger partial charge in [0.1, 0.15) is 0 Å². The molecule has 1 aromatic rings. The number of aromatic nitrogens is 1. The maximum Gasteiger partial charge on any atom is 0.0936 e. The van der Waals surface area contributed by atoms with E-state index < -0.39 is 0 Å². The van der Waals surface area contributed by atoms with Gasteiger partial charge in [0.15, 0.2) is 0 Å². The quantitative estimate of drug-likeness (QED) is 0.849. The molecule has 1 saturated carbocycles. The Hall–Kier alpha value is -0.410. The largest absolute Gasteiger partial charge is 0.313 e. The van der Waals surface area contributed by atoms with Crippen molar-refractivity contribution in [1.29, 1.82) is 0 Å². The number of hydrogen-bond acceptors (Lipinski definition) is 3. The minimum Gasteiger partial charge on any atom is -0.313 e. The highest BCUT2D eigenvalue weighted by atomic mass is 32.1. The van der Waals surface area contributed by atoms with Crippen LogP contribution in [-0.2, 0) is 6.42 Å². The van der Waals surface area contributed by atoms with E-state index in [2.05, 4.69) is 39.9 Å². The van der Waals surface area contributed by atoms with E-state index in [1.54, 1.807) is 0 Å². The van der Waals surface area contributed by atoms with Crippen LogP contribution in [0.3, 0.4) is 0 Å². The van der Waals surface area contributed by atoms with Gasteiger partial charge in [0.25, 0.3) is 0 Å². The molecule has 1 aliphatic rings. The van der Waals surface area contributed by atoms with E-state index in [0.29, 0.717) is 11.3 Å². The number of aryl methyl sites for hydroxylation is 2. The first-order chi connectivity index (χ1) is 8.40. The monoisotopic (exact) mass is 266 g/mol. The molecule has 1 aliphatic carbocycles. The molecule has 18 heavy (non-hydrogen) atoms. The first-order valence-electron chi connectivity index (χ1n) is 7.07. The van der Waals surface area contributed by atoms with Crippen molar-refractivity contribution in [3.8, 4) is 0 Å². The van der Waals surface area contributed by atoms with Crippen LogP contribution in [0.25, 0.3) is 0 Å². The van der Waals surface area contributed by atoms with Gasteiger partial charge in [-0.1, -0.05) is 20.8 Å². The molecule has 0 radical (unpaired) electrons. The van der Waals surface area contributed by atoms with Crippen molar-refractivity contribution in [2.75, 3.05) is 6.54 Å². The molecular formula is C15H26N2S. The van der Waals surface area contributed by atoms with E-state index >= 15 is 0 Å². The topological polar surface area (TPSA) is 24.9 Å². The first-order valence-corrected chi connectivity index (χ1v) is 7.88. The summed E-state index contributed by atoms with van der Waals surface area (Å²) in [6.45, 7) is 12.5. The zero-order valence-corrected chi connectivity index (χ0v) is 13.2. The summed E-state index contributed by atoms with van der Waals surface area (Å²) >= 11 is 1.87. The van der Waals surface area contributed by atoms with Crippen LogP contribution in [0.1, 0.15) is 49.2 Å². The van der Waals surface area contributed by atoms with Crippen molar-refractivity contribution < 1.29 is 0 Å². The average molecular weight is 266 g/mol. The molecule has 1 atom stereocenters. The van der Waals surface area contributed by atoms with Gasteiger partial charge in [-0.05, 0) is 38.0 Å². The van der Waals surface area contributed by atoms with Crippen LogP contribution in [0.2, 0.25) is 0 Å². The third-order valence-electron chi connectivity index (χ3n) is 4.39. The number of nitrogens with zero attached hydrogens (tertiary/aromatic N) is 1. The molecule has 102 valence electrons. The van der Waals surface area contributed by atoms with Crippen LogP contribution < -0.4 is 5.32 Å². The van der Waals surface area contributed by atoms with Crippen molar-refractivity contribution in [2.24, 2.45) is 11.3 Å². The fourth-order valence-corrected chi connectivity index (χ4v) is 3.23. The molecule has 0 aliphatic heterocycles. The van der Waals surface area contributed by atoms with Gasteiger partial charge in [0.05, 0.1) is 10.7 Å². The van der Waals surface area contributed by atoms with E-state index in [4.69, 9.17) is 4.98 Å². The van der Waals surface area contributed by atoms with Gasteiger partial charge < -0.3 is 5.32 Å². The van der Waals surface area contributed by atoms with E-state index in [-0.39, 0.29) is 0 Å². The van der Waals surface area contributed by atoms with E-state index in [0.717, 1.165) is 19.0 Å². The summed E-state index contributed by atoms with van der Waals surface area (Å²) in [5.41, 5.74) is 1.52. The van der Waals surface area contributed by atoms with Crippen LogP contribution >= 0.6 is 11.3 Å². The molecular weight excluding hydrogens is 240 g/mol. The van der Waals surface area contributed by atoms with E-state index in [9.17, 15) is 0 Å². The van der Waals surface area contributed by atoms with Gasteiger partial charge in [0.2, 0.25) is 0 Å². The Labute approximate surface area is 115 Å². The van der Waals surface area contributed by atoms with Crippen LogP contribution in [0.5, 0.6) is 0 Å². The van der Waals surface area contributed by atoms with Crippen LogP contribution in [0, 0.1) is 25.2 Å². The Bertz CT molecular complexity index is 387. The lowest BCUT2D eigenvalue weighted by molar-refractivity contribution is 0.206. The van der Waals surface area contributed by atoms with Crippen LogP contribution in [0.15, 0.2) is 0 Å². The summed E-state index contributed by atoms with van der Waals surface area (Å²) in [6.07, 6.45) is 3.83. The predicted octanol–water partition coefficient (Wildman–Crippen LogP) is 3.72. The molecule has 1 fully saturated rings. The van der Waals surface area contributed by atoms with Crippen molar-refractivity contribution in [3.63, 3.8) is 0 Å². The summed E-state index contributed by atoms with van der Waals surface area (Å²) in [5.74, 6) is 0.674. The Morgan fingerprint density at radius 3 is 2.50 bits per heavy atom. The van der Waals surface area contributed by atoms with Crippen LogP contribution in [-0.4, -0.2) is 17.6 Å². The molecule has 0 amide bonds. The summed E-state index contributed by atoms with van der Waals surface area (Å²) in [6, 6.07) is 0.794. The first kappa shape index (κ1) is 14.0. The van der Waals surface area contributed by atoms with E-state index in [1.807, 2.05) is 11.3 Å². The Balaban J connectivity index is 2.03. The second-order valence-corrected chi connectivity index (χ2v) is 7.68. The molecule has 3 heteroatoms. The zero-order chi connectivity index (χ0) is 13.3. The molecule has 0 aromatic carbocycles. The fraction of sp³-hybridized carbons (Fsp3) is 0.800. The minimum atomic E-state index is 0.319. The smallest absolute Gasteiger partial charge is 0.0936 e. The Kier molecular flexibility index (Phi) is 4.12. The summed E-state index contributed by atoms with van der Waals surface area (Å²) in [7, 11) is 0. The summed E-state index contributed by atoms with van der Waals surface area (Å²) in [4.78, 5) is 6.08. The van der Waals surface area contributed by atoms with Gasteiger partial charge in [-0.2, -0.15) is 0 Å². The summed E-state index contributed by atoms with van der Waals surface area (Å²) in [5, 5.41) is 5.00. The standard InChI is InChI=1S/C15H26N2S/c1-10(2)15(5,9-16-13-6-7-13)8-14-17-11(3)12(4)18-14/h10,13,16H,6-9H2,1-5H3. The highest BCUT2D eigenvalue weighted by molar-refractivity contribution is 7.11. The van der Waals surface area contributed by atoms with Crippen LogP contribution in [0.4, 0.5) is 0 Å². The summed E-state index contributed by atoms with van der Waals surface area (Å²) < 4.78 is 0. The van der Waals surface area contributed by atoms with Crippen molar-refractivity contribution in [3.05, 3.63) is 15.6 Å². The molecule has 1 heterocycles. The molecule has 0 bridgehead atoms. The van der Waals surface area contributed by atoms with E-state index in [1.165, 1.54) is 28.4 Å². The second kappa shape index (κ2) is 5.30. The lowest BCUT2D eigenvalue weighted by Crippen LogP contribution is -2.38. The van der Waals surface area contributed by atoms with Gasteiger partial charge in [0, 0.05) is 23.9 Å². The zero-order valence-electron chi connectivity index (χ0n) is 12.3. The van der Waals surface area contributed by atoms with Gasteiger partial charge in [-0.25, -0.2) is 4.98 Å². The predicted molar refractivity (Wildman–Crippen MR) is 79.3 cm³/mol. The third-order valence-corrected chi connectivity index (χ3v) is 5.47. The Morgan fingerprint density at radius 2 is 2.06 bits per heavy atom. The lowest BCUT2D eigenvalue weighted by atomic mass is 9.76. The van der Waals surface area contributed by atoms with Crippen molar-refractivity contribution in [1.82, 2.24) is 10.3 Å². The highest BCUT2D eigenvalue weighted by Crippen LogP contribution is 2.34. The Morgan fingerprint density at radius 1 is 1.39 bits per heavy atom. The number of rotatable bonds is 6. The normalized spacial score (nSPS) is 19.2. The van der Waals surface area contributed by atoms with Gasteiger partial charge >= 0.3 is 0 Å². The molecule has 1 unspecified atom stereocenters. The molecule has 2 nitrogen and oxygen atoms in total. The maximum absolute atomic E-state index is 4.71. The fourth-order valence-electron chi connectivity index (χ4n) is 2.10. The second-order valence-electron chi connectivity index (χ2n) is 6.39. The lowest BCUT2D eigenvalue weighted by Gasteiger charge is -2.33. The minimum absolute atomic E-state index is 0.319.